The standard InChI is InChI=1S/C27H33F3N6O6/c1-16(37)23-26(41)36-12-4-6-17(36)15-42-20-8-3-2-7-18(20)24(39)32-19(14-22(38)33-23)25(40)31-10-5-11-35-13-9-21(34-35)27(28,29)30/h2-3,7-9,13,16-17,19,23,37H,4-6,10-12,14-15H2,1H3,(H,31,40)(H,32,39)(H,33,38)/t16-,17-,19+,23+/m1/s1. The normalized spacial score (nSPS) is 22.6. The molecule has 0 radical (unpaired) electrons. The molecule has 42 heavy (non-hydrogen) atoms. The molecule has 1 aromatic heterocycles. The van der Waals surface area contributed by atoms with E-state index in [4.69, 9.17) is 4.74 Å². The Labute approximate surface area is 239 Å². The molecule has 3 heterocycles. The van der Waals surface area contributed by atoms with Crippen molar-refractivity contribution in [3.63, 3.8) is 0 Å². The molecule has 1 aromatic carbocycles. The molecule has 228 valence electrons. The number of halogens is 3. The Hall–Kier alpha value is -4.14. The van der Waals surface area contributed by atoms with Crippen LogP contribution in [0.15, 0.2) is 36.5 Å². The fourth-order valence-corrected chi connectivity index (χ4v) is 4.91. The van der Waals surface area contributed by atoms with Gasteiger partial charge in [0.2, 0.25) is 17.7 Å². The average Bonchev–Trinajstić information content (AvgIpc) is 3.61. The van der Waals surface area contributed by atoms with Crippen LogP contribution in [0.25, 0.3) is 0 Å². The molecular formula is C27H33F3N6O6. The molecule has 1 saturated heterocycles. The van der Waals surface area contributed by atoms with Crippen molar-refractivity contribution >= 4 is 23.6 Å². The second-order valence-electron chi connectivity index (χ2n) is 10.3. The van der Waals surface area contributed by atoms with E-state index in [1.54, 1.807) is 23.1 Å². The summed E-state index contributed by atoms with van der Waals surface area (Å²) in [7, 11) is 0. The van der Waals surface area contributed by atoms with Gasteiger partial charge in [-0.3, -0.25) is 23.9 Å². The van der Waals surface area contributed by atoms with Crippen molar-refractivity contribution in [1.82, 2.24) is 30.6 Å². The van der Waals surface area contributed by atoms with Crippen LogP contribution in [0.5, 0.6) is 5.75 Å². The number of fused-ring (bicyclic) bond motifs is 2. The van der Waals surface area contributed by atoms with Crippen LogP contribution in [0.2, 0.25) is 0 Å². The monoisotopic (exact) mass is 594 g/mol. The van der Waals surface area contributed by atoms with Crippen LogP contribution < -0.4 is 20.7 Å². The Morgan fingerprint density at radius 2 is 1.98 bits per heavy atom. The third-order valence-corrected chi connectivity index (χ3v) is 7.09. The molecular weight excluding hydrogens is 561 g/mol. The minimum atomic E-state index is -4.57. The first-order valence-corrected chi connectivity index (χ1v) is 13.6. The quantitative estimate of drug-likeness (QED) is 0.362. The Bertz CT molecular complexity index is 1300. The van der Waals surface area contributed by atoms with Crippen molar-refractivity contribution in [2.45, 2.75) is 69.6 Å². The van der Waals surface area contributed by atoms with E-state index >= 15 is 0 Å². The molecule has 4 rings (SSSR count). The lowest BCUT2D eigenvalue weighted by Crippen LogP contribution is -2.57. The maximum Gasteiger partial charge on any atom is 0.435 e. The van der Waals surface area contributed by atoms with Crippen LogP contribution in [-0.4, -0.2) is 87.3 Å². The van der Waals surface area contributed by atoms with Gasteiger partial charge in [0.15, 0.2) is 5.69 Å². The first-order valence-electron chi connectivity index (χ1n) is 13.6. The SMILES string of the molecule is C[C@@H](O)[C@@H]1NC(=O)C[C@@H](C(=O)NCCCn2ccc(C(F)(F)F)n2)NC(=O)c2ccccc2OC[C@H]2CCCN2C1=O. The van der Waals surface area contributed by atoms with Crippen molar-refractivity contribution in [2.24, 2.45) is 0 Å². The molecule has 0 bridgehead atoms. The third-order valence-electron chi connectivity index (χ3n) is 7.09. The first kappa shape index (κ1) is 30.8. The number of nitrogens with zero attached hydrogens (tertiary/aromatic N) is 3. The van der Waals surface area contributed by atoms with Gasteiger partial charge in [-0.15, -0.1) is 0 Å². The van der Waals surface area contributed by atoms with Gasteiger partial charge < -0.3 is 30.7 Å². The highest BCUT2D eigenvalue weighted by Gasteiger charge is 2.38. The van der Waals surface area contributed by atoms with Gasteiger partial charge in [0, 0.05) is 25.8 Å². The van der Waals surface area contributed by atoms with Gasteiger partial charge in [0.05, 0.1) is 24.1 Å². The molecule has 2 aliphatic rings. The number of aliphatic hydroxyl groups is 1. The molecule has 15 heteroatoms. The Kier molecular flexibility index (Phi) is 9.70. The first-order chi connectivity index (χ1) is 19.9. The van der Waals surface area contributed by atoms with Crippen LogP contribution in [-0.2, 0) is 27.1 Å². The van der Waals surface area contributed by atoms with Crippen LogP contribution >= 0.6 is 0 Å². The number of alkyl halides is 3. The Morgan fingerprint density at radius 1 is 1.21 bits per heavy atom. The van der Waals surface area contributed by atoms with Crippen LogP contribution in [0.3, 0.4) is 0 Å². The highest BCUT2D eigenvalue weighted by molar-refractivity contribution is 6.01. The third kappa shape index (κ3) is 7.57. The van der Waals surface area contributed by atoms with E-state index in [2.05, 4.69) is 21.0 Å². The summed E-state index contributed by atoms with van der Waals surface area (Å²) in [6.07, 6.45) is -3.61. The van der Waals surface area contributed by atoms with Gasteiger partial charge in [-0.2, -0.15) is 18.3 Å². The van der Waals surface area contributed by atoms with E-state index in [1.165, 1.54) is 19.2 Å². The maximum atomic E-state index is 13.3. The molecule has 0 unspecified atom stereocenters. The molecule has 0 aliphatic carbocycles. The zero-order chi connectivity index (χ0) is 30.4. The van der Waals surface area contributed by atoms with E-state index < -0.39 is 60.1 Å². The minimum Gasteiger partial charge on any atom is -0.491 e. The summed E-state index contributed by atoms with van der Waals surface area (Å²) in [4.78, 5) is 54.2. The molecule has 12 nitrogen and oxygen atoms in total. The van der Waals surface area contributed by atoms with Crippen molar-refractivity contribution < 1.29 is 42.2 Å². The average molecular weight is 595 g/mol. The summed E-state index contributed by atoms with van der Waals surface area (Å²) in [5, 5.41) is 21.4. The molecule has 1 fully saturated rings. The van der Waals surface area contributed by atoms with Crippen LogP contribution in [0.4, 0.5) is 13.2 Å². The maximum absolute atomic E-state index is 13.3. The van der Waals surface area contributed by atoms with Crippen molar-refractivity contribution in [3.8, 4) is 5.75 Å². The summed E-state index contributed by atoms with van der Waals surface area (Å²) in [6, 6.07) is 4.25. The van der Waals surface area contributed by atoms with Crippen molar-refractivity contribution in [3.05, 3.63) is 47.8 Å². The van der Waals surface area contributed by atoms with Gasteiger partial charge in [0.1, 0.15) is 24.4 Å². The van der Waals surface area contributed by atoms with E-state index in [1.807, 2.05) is 0 Å². The highest BCUT2D eigenvalue weighted by atomic mass is 19.4. The van der Waals surface area contributed by atoms with E-state index in [0.29, 0.717) is 19.4 Å². The molecule has 4 atom stereocenters. The number of aryl methyl sites for hydroxylation is 1. The number of ether oxygens (including phenoxy) is 1. The largest absolute Gasteiger partial charge is 0.491 e. The summed E-state index contributed by atoms with van der Waals surface area (Å²) < 4.78 is 45.3. The second-order valence-corrected chi connectivity index (χ2v) is 10.3. The summed E-state index contributed by atoms with van der Waals surface area (Å²) >= 11 is 0. The number of amides is 4. The highest BCUT2D eigenvalue weighted by Crippen LogP contribution is 2.27. The molecule has 4 amide bonds. The molecule has 2 aliphatic heterocycles. The topological polar surface area (TPSA) is 155 Å². The van der Waals surface area contributed by atoms with E-state index in [0.717, 1.165) is 10.7 Å². The van der Waals surface area contributed by atoms with Gasteiger partial charge >= 0.3 is 6.18 Å². The number of nitrogens with one attached hydrogen (secondary N) is 3. The van der Waals surface area contributed by atoms with E-state index in [-0.39, 0.29) is 43.5 Å². The van der Waals surface area contributed by atoms with Crippen molar-refractivity contribution in [2.75, 3.05) is 19.7 Å². The smallest absolute Gasteiger partial charge is 0.435 e. The van der Waals surface area contributed by atoms with Crippen molar-refractivity contribution in [1.29, 1.82) is 0 Å². The lowest BCUT2D eigenvalue weighted by molar-refractivity contribution is -0.141. The second kappa shape index (κ2) is 13.2. The Balaban J connectivity index is 1.49. The number of carbonyl (C=O) groups excluding carboxylic acids is 4. The number of para-hydroxylation sites is 1. The number of carbonyl (C=O) groups is 4. The number of benzene rings is 1. The summed E-state index contributed by atoms with van der Waals surface area (Å²) in [5.41, 5.74) is -0.900. The minimum absolute atomic E-state index is 0.0128. The van der Waals surface area contributed by atoms with Crippen LogP contribution in [0.1, 0.15) is 48.7 Å². The number of aliphatic hydroxyl groups excluding tert-OH is 1. The fraction of sp³-hybridized carbons (Fsp3) is 0.519. The van der Waals surface area contributed by atoms with Gasteiger partial charge in [0.25, 0.3) is 5.91 Å². The molecule has 0 saturated carbocycles. The number of hydrogen-bond donors (Lipinski definition) is 4. The van der Waals surface area contributed by atoms with Crippen LogP contribution in [0, 0.1) is 0 Å². The molecule has 4 N–H and O–H groups in total. The fourth-order valence-electron chi connectivity index (χ4n) is 4.91. The zero-order valence-corrected chi connectivity index (χ0v) is 22.9. The summed E-state index contributed by atoms with van der Waals surface area (Å²) in [6.45, 7) is 1.95. The Morgan fingerprint density at radius 3 is 2.69 bits per heavy atom. The number of rotatable bonds is 6. The lowest BCUT2D eigenvalue weighted by Gasteiger charge is -2.31. The predicted octanol–water partition coefficient (Wildman–Crippen LogP) is 0.846. The summed E-state index contributed by atoms with van der Waals surface area (Å²) in [5.74, 6) is -2.38. The number of hydrogen-bond acceptors (Lipinski definition) is 7. The van der Waals surface area contributed by atoms with Gasteiger partial charge in [-0.05, 0) is 44.4 Å². The zero-order valence-electron chi connectivity index (χ0n) is 22.9. The van der Waals surface area contributed by atoms with Gasteiger partial charge in [-0.25, -0.2) is 0 Å². The molecule has 0 spiro atoms. The predicted molar refractivity (Wildman–Crippen MR) is 141 cm³/mol. The molecule has 2 aromatic rings. The van der Waals surface area contributed by atoms with Gasteiger partial charge in [-0.1, -0.05) is 12.1 Å². The van der Waals surface area contributed by atoms with E-state index in [9.17, 15) is 37.5 Å². The lowest BCUT2D eigenvalue weighted by atomic mass is 10.1. The number of aromatic nitrogens is 2.